The van der Waals surface area contributed by atoms with Crippen molar-refractivity contribution in [2.45, 2.75) is 25.7 Å². The minimum atomic E-state index is 0.224. The van der Waals surface area contributed by atoms with Crippen LogP contribution < -0.4 is 0 Å². The maximum Gasteiger partial charge on any atom is 0.224 e. The monoisotopic (exact) mass is 318 g/mol. The molecule has 2 rings (SSSR count). The first kappa shape index (κ1) is 18.0. The van der Waals surface area contributed by atoms with Gasteiger partial charge in [-0.3, -0.25) is 4.79 Å². The smallest absolute Gasteiger partial charge is 0.224 e. The predicted molar refractivity (Wildman–Crippen MR) is 93.4 cm³/mol. The highest BCUT2D eigenvalue weighted by atomic mass is 16.5. The van der Waals surface area contributed by atoms with Crippen LogP contribution in [0.2, 0.25) is 0 Å². The molecule has 0 unspecified atom stereocenters. The van der Waals surface area contributed by atoms with Crippen LogP contribution in [0.5, 0.6) is 0 Å². The van der Waals surface area contributed by atoms with Crippen molar-refractivity contribution in [2.24, 2.45) is 5.92 Å². The van der Waals surface area contributed by atoms with Gasteiger partial charge < -0.3 is 14.5 Å². The number of hydrogen-bond acceptors (Lipinski definition) is 3. The molecular weight excluding hydrogens is 288 g/mol. The maximum absolute atomic E-state index is 12.5. The Balaban J connectivity index is 1.89. The zero-order valence-corrected chi connectivity index (χ0v) is 14.5. The fraction of sp³-hybridized carbons (Fsp3) is 0.632. The largest absolute Gasteiger partial charge is 0.384 e. The highest BCUT2D eigenvalue weighted by molar-refractivity contribution is 5.76. The molecular formula is C19H30N2O2. The minimum absolute atomic E-state index is 0.224. The molecule has 0 bridgehead atoms. The predicted octanol–water partition coefficient (Wildman–Crippen LogP) is 2.44. The van der Waals surface area contributed by atoms with Crippen LogP contribution in [0, 0.1) is 5.92 Å². The van der Waals surface area contributed by atoms with Gasteiger partial charge in [-0.1, -0.05) is 30.3 Å². The van der Waals surface area contributed by atoms with Crippen LogP contribution in [0.3, 0.4) is 0 Å². The van der Waals surface area contributed by atoms with E-state index in [4.69, 9.17) is 4.74 Å². The van der Waals surface area contributed by atoms with Crippen LogP contribution in [-0.2, 0) is 16.0 Å². The first-order valence-corrected chi connectivity index (χ1v) is 8.68. The van der Waals surface area contributed by atoms with Crippen molar-refractivity contribution in [3.05, 3.63) is 35.9 Å². The Kier molecular flexibility index (Phi) is 7.56. The number of nitrogens with zero attached hydrogens (tertiary/aromatic N) is 2. The van der Waals surface area contributed by atoms with Crippen molar-refractivity contribution in [3.63, 3.8) is 0 Å². The summed E-state index contributed by atoms with van der Waals surface area (Å²) < 4.78 is 5.08. The number of ether oxygens (including phenoxy) is 1. The average Bonchev–Trinajstić information content (AvgIpc) is 2.59. The lowest BCUT2D eigenvalue weighted by atomic mass is 9.96. The third kappa shape index (κ3) is 6.32. The van der Waals surface area contributed by atoms with Crippen LogP contribution in [0.1, 0.15) is 24.8 Å². The van der Waals surface area contributed by atoms with E-state index in [0.29, 0.717) is 18.9 Å². The highest BCUT2D eigenvalue weighted by Gasteiger charge is 2.22. The molecule has 1 fully saturated rings. The van der Waals surface area contributed by atoms with Gasteiger partial charge in [0.05, 0.1) is 13.0 Å². The van der Waals surface area contributed by atoms with Gasteiger partial charge in [-0.25, -0.2) is 0 Å². The summed E-state index contributed by atoms with van der Waals surface area (Å²) in [4.78, 5) is 16.9. The number of carbonyl (C=O) groups excluding carboxylic acids is 1. The van der Waals surface area contributed by atoms with Crippen LogP contribution >= 0.6 is 0 Å². The number of hydrogen-bond donors (Lipinski definition) is 0. The molecule has 1 amide bonds. The third-order valence-corrected chi connectivity index (χ3v) is 4.70. The van der Waals surface area contributed by atoms with E-state index >= 15 is 0 Å². The number of amides is 1. The van der Waals surface area contributed by atoms with Gasteiger partial charge >= 0.3 is 0 Å². The van der Waals surface area contributed by atoms with E-state index in [-0.39, 0.29) is 5.91 Å². The van der Waals surface area contributed by atoms with Gasteiger partial charge in [0, 0.05) is 20.2 Å². The Labute approximate surface area is 140 Å². The van der Waals surface area contributed by atoms with Crippen molar-refractivity contribution < 1.29 is 9.53 Å². The zero-order valence-electron chi connectivity index (χ0n) is 14.5. The topological polar surface area (TPSA) is 32.8 Å². The van der Waals surface area contributed by atoms with Crippen molar-refractivity contribution in [2.75, 3.05) is 46.9 Å². The summed E-state index contributed by atoms with van der Waals surface area (Å²) in [6.07, 6.45) is 3.79. The molecule has 1 aliphatic rings. The molecule has 128 valence electrons. The molecule has 0 aromatic heterocycles. The minimum Gasteiger partial charge on any atom is -0.384 e. The van der Waals surface area contributed by atoms with Gasteiger partial charge in [0.2, 0.25) is 5.91 Å². The molecule has 23 heavy (non-hydrogen) atoms. The van der Waals surface area contributed by atoms with Crippen LogP contribution in [-0.4, -0.2) is 62.7 Å². The summed E-state index contributed by atoms with van der Waals surface area (Å²) in [5, 5.41) is 0. The van der Waals surface area contributed by atoms with E-state index in [0.717, 1.165) is 32.6 Å². The molecule has 0 N–H and O–H groups in total. The number of likely N-dealkylation sites (tertiary alicyclic amines) is 1. The fourth-order valence-corrected chi connectivity index (χ4v) is 3.13. The quantitative estimate of drug-likeness (QED) is 0.738. The molecule has 1 aliphatic heterocycles. The first-order valence-electron chi connectivity index (χ1n) is 8.68. The molecule has 4 nitrogen and oxygen atoms in total. The summed E-state index contributed by atoms with van der Waals surface area (Å²) in [7, 11) is 3.83. The van der Waals surface area contributed by atoms with Gasteiger partial charge in [0.25, 0.3) is 0 Å². The number of carbonyl (C=O) groups is 1. The zero-order chi connectivity index (χ0) is 16.5. The SMILES string of the molecule is COCCC(=O)N(CCc1ccccc1)CC1CCN(C)CC1. The molecule has 0 saturated carbocycles. The molecule has 1 aromatic rings. The molecule has 0 spiro atoms. The summed E-state index contributed by atoms with van der Waals surface area (Å²) in [6.45, 7) is 4.49. The average molecular weight is 318 g/mol. The lowest BCUT2D eigenvalue weighted by Gasteiger charge is -2.33. The van der Waals surface area contributed by atoms with E-state index in [1.54, 1.807) is 7.11 Å². The van der Waals surface area contributed by atoms with Crippen molar-refractivity contribution in [1.29, 1.82) is 0 Å². The lowest BCUT2D eigenvalue weighted by molar-refractivity contribution is -0.133. The van der Waals surface area contributed by atoms with Crippen LogP contribution in [0.4, 0.5) is 0 Å². The fourth-order valence-electron chi connectivity index (χ4n) is 3.13. The molecule has 0 radical (unpaired) electrons. The molecule has 1 saturated heterocycles. The molecule has 0 atom stereocenters. The Morgan fingerprint density at radius 1 is 1.26 bits per heavy atom. The van der Waals surface area contributed by atoms with Gasteiger partial charge in [0.1, 0.15) is 0 Å². The second-order valence-corrected chi connectivity index (χ2v) is 6.56. The van der Waals surface area contributed by atoms with E-state index in [1.165, 1.54) is 18.4 Å². The van der Waals surface area contributed by atoms with Crippen molar-refractivity contribution in [1.82, 2.24) is 9.80 Å². The molecule has 4 heteroatoms. The second kappa shape index (κ2) is 9.68. The first-order chi connectivity index (χ1) is 11.2. The number of piperidine rings is 1. The van der Waals surface area contributed by atoms with Gasteiger partial charge in [0.15, 0.2) is 0 Å². The van der Waals surface area contributed by atoms with Gasteiger partial charge in [-0.15, -0.1) is 0 Å². The second-order valence-electron chi connectivity index (χ2n) is 6.56. The number of rotatable bonds is 8. The molecule has 1 heterocycles. The summed E-state index contributed by atoms with van der Waals surface area (Å²) in [6, 6.07) is 10.4. The van der Waals surface area contributed by atoms with Crippen LogP contribution in [0.25, 0.3) is 0 Å². The lowest BCUT2D eigenvalue weighted by Crippen LogP contribution is -2.41. The van der Waals surface area contributed by atoms with Crippen molar-refractivity contribution >= 4 is 5.91 Å². The summed E-state index contributed by atoms with van der Waals surface area (Å²) >= 11 is 0. The van der Waals surface area contributed by atoms with Gasteiger partial charge in [-0.2, -0.15) is 0 Å². The van der Waals surface area contributed by atoms with Crippen LogP contribution in [0.15, 0.2) is 30.3 Å². The summed E-state index contributed by atoms with van der Waals surface area (Å²) in [5.74, 6) is 0.857. The van der Waals surface area contributed by atoms with E-state index in [1.807, 2.05) is 6.07 Å². The maximum atomic E-state index is 12.5. The standard InChI is InChI=1S/C19H30N2O2/c1-20-12-8-18(9-13-20)16-21(19(22)11-15-23-2)14-10-17-6-4-3-5-7-17/h3-7,18H,8-16H2,1-2H3. The molecule has 1 aromatic carbocycles. The highest BCUT2D eigenvalue weighted by Crippen LogP contribution is 2.18. The Bertz CT molecular complexity index is 456. The number of methoxy groups -OCH3 is 1. The Hall–Kier alpha value is -1.39. The van der Waals surface area contributed by atoms with Crippen molar-refractivity contribution in [3.8, 4) is 0 Å². The normalized spacial score (nSPS) is 16.4. The Morgan fingerprint density at radius 2 is 1.96 bits per heavy atom. The number of benzene rings is 1. The Morgan fingerprint density at radius 3 is 2.61 bits per heavy atom. The van der Waals surface area contributed by atoms with E-state index < -0.39 is 0 Å². The third-order valence-electron chi connectivity index (χ3n) is 4.70. The van der Waals surface area contributed by atoms with Gasteiger partial charge in [-0.05, 0) is 50.9 Å². The molecule has 0 aliphatic carbocycles. The summed E-state index contributed by atoms with van der Waals surface area (Å²) in [5.41, 5.74) is 1.29. The van der Waals surface area contributed by atoms with E-state index in [2.05, 4.69) is 41.1 Å². The van der Waals surface area contributed by atoms with E-state index in [9.17, 15) is 4.79 Å².